The fourth-order valence-corrected chi connectivity index (χ4v) is 2.36. The fraction of sp³-hybridized carbons (Fsp3) is 0.167. The van der Waals surface area contributed by atoms with Gasteiger partial charge in [-0.15, -0.1) is 0 Å². The summed E-state index contributed by atoms with van der Waals surface area (Å²) in [7, 11) is 0. The number of ether oxygens (including phenoxy) is 2. The van der Waals surface area contributed by atoms with Crippen LogP contribution < -0.4 is 20.5 Å². The molecule has 0 bridgehead atoms. The summed E-state index contributed by atoms with van der Waals surface area (Å²) in [6.07, 6.45) is 1.47. The maximum absolute atomic E-state index is 11.0. The predicted octanol–water partition coefficient (Wildman–Crippen LogP) is 1.58. The first kappa shape index (κ1) is 11.8. The van der Waals surface area contributed by atoms with Gasteiger partial charge in [0.15, 0.2) is 16.6 Å². The van der Waals surface area contributed by atoms with Crippen LogP contribution in [0.1, 0.15) is 15.2 Å². The lowest BCUT2D eigenvalue weighted by molar-refractivity contribution is 0.100. The van der Waals surface area contributed by atoms with E-state index in [1.165, 1.54) is 17.5 Å². The first-order chi connectivity index (χ1) is 9.22. The molecule has 0 saturated heterocycles. The number of anilines is 1. The molecule has 2 aromatic rings. The van der Waals surface area contributed by atoms with Crippen LogP contribution in [0.5, 0.6) is 11.5 Å². The smallest absolute Gasteiger partial charge is 0.260 e. The molecule has 3 rings (SSSR count). The molecular weight excluding hydrogens is 266 g/mol. The summed E-state index contributed by atoms with van der Waals surface area (Å²) in [5.41, 5.74) is 6.21. The number of carbonyl (C=O) groups is 1. The SMILES string of the molecule is NC(=O)c1cnc(NCc2ccc3c(c2)OCO3)s1. The van der Waals surface area contributed by atoms with Gasteiger partial charge in [-0.05, 0) is 17.7 Å². The van der Waals surface area contributed by atoms with Crippen molar-refractivity contribution in [3.63, 3.8) is 0 Å². The number of amides is 1. The van der Waals surface area contributed by atoms with Crippen LogP contribution in [0.3, 0.4) is 0 Å². The van der Waals surface area contributed by atoms with E-state index in [2.05, 4.69) is 10.3 Å². The van der Waals surface area contributed by atoms with Gasteiger partial charge in [0.1, 0.15) is 4.88 Å². The third kappa shape index (κ3) is 2.45. The number of hydrogen-bond donors (Lipinski definition) is 2. The van der Waals surface area contributed by atoms with E-state index in [0.29, 0.717) is 16.6 Å². The van der Waals surface area contributed by atoms with Gasteiger partial charge in [0.2, 0.25) is 6.79 Å². The standard InChI is InChI=1S/C12H11N3O3S/c13-11(16)10-5-15-12(19-10)14-4-7-1-2-8-9(3-7)18-6-17-8/h1-3,5H,4,6H2,(H2,13,16)(H,14,15). The molecule has 0 aliphatic carbocycles. The average Bonchev–Trinajstić information content (AvgIpc) is 3.04. The minimum atomic E-state index is -0.464. The first-order valence-corrected chi connectivity index (χ1v) is 6.42. The first-order valence-electron chi connectivity index (χ1n) is 5.60. The van der Waals surface area contributed by atoms with Crippen LogP contribution >= 0.6 is 11.3 Å². The Bertz CT molecular complexity index is 626. The molecule has 0 unspecified atom stereocenters. The zero-order valence-corrected chi connectivity index (χ0v) is 10.7. The van der Waals surface area contributed by atoms with Crippen molar-refractivity contribution in [2.75, 3.05) is 12.1 Å². The van der Waals surface area contributed by atoms with Crippen molar-refractivity contribution >= 4 is 22.4 Å². The number of nitrogens with zero attached hydrogens (tertiary/aromatic N) is 1. The predicted molar refractivity (Wildman–Crippen MR) is 70.5 cm³/mol. The molecule has 98 valence electrons. The third-order valence-corrected chi connectivity index (χ3v) is 3.60. The Balaban J connectivity index is 1.67. The Labute approximate surface area is 113 Å². The number of benzene rings is 1. The summed E-state index contributed by atoms with van der Waals surface area (Å²) in [6, 6.07) is 5.73. The fourth-order valence-electron chi connectivity index (χ4n) is 1.70. The van der Waals surface area contributed by atoms with Crippen LogP contribution in [0.15, 0.2) is 24.4 Å². The molecule has 0 atom stereocenters. The second-order valence-electron chi connectivity index (χ2n) is 3.94. The maximum Gasteiger partial charge on any atom is 0.260 e. The molecule has 1 aromatic carbocycles. The van der Waals surface area contributed by atoms with Crippen molar-refractivity contribution in [2.45, 2.75) is 6.54 Å². The second-order valence-corrected chi connectivity index (χ2v) is 4.97. The van der Waals surface area contributed by atoms with E-state index in [0.717, 1.165) is 17.1 Å². The van der Waals surface area contributed by atoms with Crippen LogP contribution in [-0.2, 0) is 6.54 Å². The minimum absolute atomic E-state index is 0.265. The lowest BCUT2D eigenvalue weighted by Crippen LogP contribution is -2.08. The Hall–Kier alpha value is -2.28. The molecule has 19 heavy (non-hydrogen) atoms. The molecule has 6 nitrogen and oxygen atoms in total. The van der Waals surface area contributed by atoms with Crippen molar-refractivity contribution in [3.05, 3.63) is 34.8 Å². The quantitative estimate of drug-likeness (QED) is 0.886. The van der Waals surface area contributed by atoms with Gasteiger partial charge in [-0.25, -0.2) is 4.98 Å². The van der Waals surface area contributed by atoms with Crippen molar-refractivity contribution in [1.29, 1.82) is 0 Å². The largest absolute Gasteiger partial charge is 0.454 e. The van der Waals surface area contributed by atoms with E-state index in [1.807, 2.05) is 18.2 Å². The monoisotopic (exact) mass is 277 g/mol. The molecule has 0 fully saturated rings. The molecule has 1 aliphatic heterocycles. The topological polar surface area (TPSA) is 86.5 Å². The highest BCUT2D eigenvalue weighted by atomic mass is 32.1. The minimum Gasteiger partial charge on any atom is -0.454 e. The molecule has 0 spiro atoms. The second kappa shape index (κ2) is 4.77. The van der Waals surface area contributed by atoms with Gasteiger partial charge >= 0.3 is 0 Å². The number of nitrogens with two attached hydrogens (primary N) is 1. The van der Waals surface area contributed by atoms with Gasteiger partial charge < -0.3 is 20.5 Å². The van der Waals surface area contributed by atoms with Crippen molar-refractivity contribution in [2.24, 2.45) is 5.73 Å². The number of thiazole rings is 1. The highest BCUT2D eigenvalue weighted by Crippen LogP contribution is 2.32. The van der Waals surface area contributed by atoms with Gasteiger partial charge in [0.05, 0.1) is 6.20 Å². The lowest BCUT2D eigenvalue weighted by Gasteiger charge is -2.04. The van der Waals surface area contributed by atoms with E-state index in [1.54, 1.807) is 0 Å². The van der Waals surface area contributed by atoms with Crippen molar-refractivity contribution < 1.29 is 14.3 Å². The van der Waals surface area contributed by atoms with Gasteiger partial charge in [-0.1, -0.05) is 17.4 Å². The van der Waals surface area contributed by atoms with Crippen LogP contribution in [-0.4, -0.2) is 17.7 Å². The molecule has 2 heterocycles. The van der Waals surface area contributed by atoms with Gasteiger partial charge in [0.25, 0.3) is 5.91 Å². The summed E-state index contributed by atoms with van der Waals surface area (Å²) in [4.78, 5) is 15.5. The lowest BCUT2D eigenvalue weighted by atomic mass is 10.2. The van der Waals surface area contributed by atoms with Gasteiger partial charge in [-0.2, -0.15) is 0 Å². The van der Waals surface area contributed by atoms with Crippen LogP contribution in [0.25, 0.3) is 0 Å². The third-order valence-electron chi connectivity index (χ3n) is 2.63. The van der Waals surface area contributed by atoms with Crippen molar-refractivity contribution in [3.8, 4) is 11.5 Å². The Morgan fingerprint density at radius 2 is 2.26 bits per heavy atom. The molecule has 0 saturated carbocycles. The summed E-state index contributed by atoms with van der Waals surface area (Å²) in [5, 5.41) is 3.79. The Kier molecular flexibility index (Phi) is 2.96. The van der Waals surface area contributed by atoms with Gasteiger partial charge in [-0.3, -0.25) is 4.79 Å². The average molecular weight is 277 g/mol. The van der Waals surface area contributed by atoms with E-state index >= 15 is 0 Å². The molecule has 1 aromatic heterocycles. The molecule has 1 amide bonds. The number of nitrogens with one attached hydrogen (secondary N) is 1. The molecule has 0 radical (unpaired) electrons. The maximum atomic E-state index is 11.0. The van der Waals surface area contributed by atoms with Crippen LogP contribution in [0.4, 0.5) is 5.13 Å². The van der Waals surface area contributed by atoms with E-state index in [4.69, 9.17) is 15.2 Å². The zero-order valence-electron chi connectivity index (χ0n) is 9.88. The van der Waals surface area contributed by atoms with E-state index < -0.39 is 5.91 Å². The normalized spacial score (nSPS) is 12.4. The number of rotatable bonds is 4. The highest BCUT2D eigenvalue weighted by Gasteiger charge is 2.13. The molecule has 7 heteroatoms. The van der Waals surface area contributed by atoms with Gasteiger partial charge in [0, 0.05) is 6.54 Å². The number of aromatic nitrogens is 1. The Morgan fingerprint density at radius 3 is 3.05 bits per heavy atom. The van der Waals surface area contributed by atoms with Crippen LogP contribution in [0, 0.1) is 0 Å². The zero-order chi connectivity index (χ0) is 13.2. The van der Waals surface area contributed by atoms with E-state index in [-0.39, 0.29) is 6.79 Å². The summed E-state index contributed by atoms with van der Waals surface area (Å²) < 4.78 is 10.5. The number of fused-ring (bicyclic) bond motifs is 1. The summed E-state index contributed by atoms with van der Waals surface area (Å²) in [6.45, 7) is 0.850. The van der Waals surface area contributed by atoms with E-state index in [9.17, 15) is 4.79 Å². The number of primary amides is 1. The number of carbonyl (C=O) groups excluding carboxylic acids is 1. The molecule has 1 aliphatic rings. The van der Waals surface area contributed by atoms with Crippen molar-refractivity contribution in [1.82, 2.24) is 4.98 Å². The number of hydrogen-bond acceptors (Lipinski definition) is 6. The molecule has 3 N–H and O–H groups in total. The highest BCUT2D eigenvalue weighted by molar-refractivity contribution is 7.17. The Morgan fingerprint density at radius 1 is 1.42 bits per heavy atom. The summed E-state index contributed by atoms with van der Waals surface area (Å²) in [5.74, 6) is 1.04. The molecular formula is C12H11N3O3S. The summed E-state index contributed by atoms with van der Waals surface area (Å²) >= 11 is 1.23. The van der Waals surface area contributed by atoms with Crippen LogP contribution in [0.2, 0.25) is 0 Å².